The first-order valence-electron chi connectivity index (χ1n) is 7.52. The molecular weight excluding hydrogens is 296 g/mol. The van der Waals surface area contributed by atoms with E-state index in [0.717, 1.165) is 22.6 Å². The van der Waals surface area contributed by atoms with Gasteiger partial charge in [-0.1, -0.05) is 0 Å². The van der Waals surface area contributed by atoms with Crippen LogP contribution in [-0.4, -0.2) is 51.2 Å². The quantitative estimate of drug-likeness (QED) is 0.800. The summed E-state index contributed by atoms with van der Waals surface area (Å²) in [5.41, 5.74) is 3.93. The van der Waals surface area contributed by atoms with Gasteiger partial charge in [0.1, 0.15) is 0 Å². The Hall–Kier alpha value is -2.35. The molecule has 0 aromatic carbocycles. The standard InChI is InChI=1S/C15H24N6O2/c1-11-14(12(2)20(3)19-11)10-21(7-8-23-4)15(22)16-9-13-5-6-17-18-13/h5-6H,7-10H2,1-4H3,(H,16,22)(H,17,18). The maximum absolute atomic E-state index is 12.5. The molecule has 0 aliphatic heterocycles. The number of hydrogen-bond donors (Lipinski definition) is 2. The van der Waals surface area contributed by atoms with Crippen molar-refractivity contribution in [1.82, 2.24) is 30.2 Å². The minimum atomic E-state index is -0.140. The molecule has 0 aliphatic rings. The third kappa shape index (κ3) is 4.32. The van der Waals surface area contributed by atoms with Gasteiger partial charge < -0.3 is 15.0 Å². The third-order valence-corrected chi connectivity index (χ3v) is 3.85. The molecule has 0 atom stereocenters. The van der Waals surface area contributed by atoms with E-state index in [-0.39, 0.29) is 6.03 Å². The Morgan fingerprint density at radius 1 is 1.48 bits per heavy atom. The van der Waals surface area contributed by atoms with Crippen molar-refractivity contribution < 1.29 is 9.53 Å². The number of nitrogens with zero attached hydrogens (tertiary/aromatic N) is 4. The van der Waals surface area contributed by atoms with Crippen molar-refractivity contribution in [3.63, 3.8) is 0 Å². The van der Waals surface area contributed by atoms with Crippen LogP contribution in [0.4, 0.5) is 4.79 Å². The molecule has 2 heterocycles. The van der Waals surface area contributed by atoms with Gasteiger partial charge in [0, 0.05) is 38.2 Å². The lowest BCUT2D eigenvalue weighted by Gasteiger charge is -2.23. The van der Waals surface area contributed by atoms with Gasteiger partial charge in [0.05, 0.1) is 31.1 Å². The van der Waals surface area contributed by atoms with Crippen LogP contribution in [0.25, 0.3) is 0 Å². The number of aryl methyl sites for hydroxylation is 2. The van der Waals surface area contributed by atoms with Crippen molar-refractivity contribution in [3.8, 4) is 0 Å². The Kier molecular flexibility index (Phi) is 5.75. The summed E-state index contributed by atoms with van der Waals surface area (Å²) in [6.07, 6.45) is 1.66. The lowest BCUT2D eigenvalue weighted by atomic mass is 10.2. The predicted molar refractivity (Wildman–Crippen MR) is 85.8 cm³/mol. The topological polar surface area (TPSA) is 88.1 Å². The lowest BCUT2D eigenvalue weighted by molar-refractivity contribution is 0.146. The van der Waals surface area contributed by atoms with E-state index in [1.54, 1.807) is 18.2 Å². The summed E-state index contributed by atoms with van der Waals surface area (Å²) in [5.74, 6) is 0. The van der Waals surface area contributed by atoms with Gasteiger partial charge >= 0.3 is 6.03 Å². The van der Waals surface area contributed by atoms with E-state index in [4.69, 9.17) is 4.74 Å². The van der Waals surface area contributed by atoms with E-state index < -0.39 is 0 Å². The highest BCUT2D eigenvalue weighted by molar-refractivity contribution is 5.74. The number of rotatable bonds is 7. The van der Waals surface area contributed by atoms with E-state index in [1.807, 2.05) is 31.6 Å². The fourth-order valence-electron chi connectivity index (χ4n) is 2.36. The predicted octanol–water partition coefficient (Wildman–Crippen LogP) is 1.12. The molecule has 0 unspecified atom stereocenters. The number of nitrogens with one attached hydrogen (secondary N) is 2. The van der Waals surface area contributed by atoms with E-state index >= 15 is 0 Å². The number of hydrogen-bond acceptors (Lipinski definition) is 4. The van der Waals surface area contributed by atoms with Crippen molar-refractivity contribution in [1.29, 1.82) is 0 Å². The molecule has 2 amide bonds. The maximum Gasteiger partial charge on any atom is 0.318 e. The van der Waals surface area contributed by atoms with Crippen molar-refractivity contribution in [2.24, 2.45) is 7.05 Å². The lowest BCUT2D eigenvalue weighted by Crippen LogP contribution is -2.41. The second-order valence-corrected chi connectivity index (χ2v) is 5.43. The average Bonchev–Trinajstić information content (AvgIpc) is 3.12. The summed E-state index contributed by atoms with van der Waals surface area (Å²) in [6, 6.07) is 1.69. The number of carbonyl (C=O) groups excluding carboxylic acids is 1. The molecule has 23 heavy (non-hydrogen) atoms. The molecule has 0 radical (unpaired) electrons. The number of ether oxygens (including phenoxy) is 1. The van der Waals surface area contributed by atoms with Gasteiger partial charge in [0.2, 0.25) is 0 Å². The Morgan fingerprint density at radius 2 is 2.26 bits per heavy atom. The second-order valence-electron chi connectivity index (χ2n) is 5.43. The monoisotopic (exact) mass is 320 g/mol. The molecule has 2 rings (SSSR count). The molecule has 8 heteroatoms. The molecule has 2 aromatic heterocycles. The largest absolute Gasteiger partial charge is 0.383 e. The summed E-state index contributed by atoms with van der Waals surface area (Å²) in [7, 11) is 3.53. The first-order valence-corrected chi connectivity index (χ1v) is 7.52. The van der Waals surface area contributed by atoms with Crippen LogP contribution >= 0.6 is 0 Å². The van der Waals surface area contributed by atoms with Crippen LogP contribution < -0.4 is 5.32 Å². The Bertz CT molecular complexity index is 635. The molecule has 2 aromatic rings. The van der Waals surface area contributed by atoms with Crippen molar-refractivity contribution in [3.05, 3.63) is 34.9 Å². The molecule has 2 N–H and O–H groups in total. The molecule has 0 spiro atoms. The fourth-order valence-corrected chi connectivity index (χ4v) is 2.36. The zero-order valence-corrected chi connectivity index (χ0v) is 14.1. The summed E-state index contributed by atoms with van der Waals surface area (Å²) >= 11 is 0. The molecule has 0 bridgehead atoms. The average molecular weight is 320 g/mol. The molecule has 0 aliphatic carbocycles. The Morgan fingerprint density at radius 3 is 2.83 bits per heavy atom. The van der Waals surface area contributed by atoms with E-state index in [0.29, 0.717) is 26.2 Å². The minimum Gasteiger partial charge on any atom is -0.383 e. The molecule has 126 valence electrons. The van der Waals surface area contributed by atoms with Gasteiger partial charge in [-0.25, -0.2) is 4.79 Å². The van der Waals surface area contributed by atoms with Gasteiger partial charge in [-0.3, -0.25) is 9.78 Å². The molecule has 8 nitrogen and oxygen atoms in total. The smallest absolute Gasteiger partial charge is 0.318 e. The van der Waals surface area contributed by atoms with Crippen LogP contribution in [0.15, 0.2) is 12.3 Å². The molecule has 0 saturated carbocycles. The van der Waals surface area contributed by atoms with Crippen LogP contribution in [0.3, 0.4) is 0 Å². The first kappa shape index (κ1) is 17.0. The van der Waals surface area contributed by atoms with Crippen LogP contribution in [0.2, 0.25) is 0 Å². The number of carbonyl (C=O) groups is 1. The van der Waals surface area contributed by atoms with Gasteiger partial charge in [0.15, 0.2) is 0 Å². The molecule has 0 fully saturated rings. The zero-order chi connectivity index (χ0) is 16.8. The Balaban J connectivity index is 2.04. The highest BCUT2D eigenvalue weighted by Crippen LogP contribution is 2.14. The van der Waals surface area contributed by atoms with Gasteiger partial charge in [0.25, 0.3) is 0 Å². The SMILES string of the molecule is COCCN(Cc1c(C)nn(C)c1C)C(=O)NCc1ccn[nH]1. The number of H-pyrrole nitrogens is 1. The van der Waals surface area contributed by atoms with Crippen LogP contribution in [0, 0.1) is 13.8 Å². The molecular formula is C15H24N6O2. The number of aromatic nitrogens is 4. The number of amides is 2. The van der Waals surface area contributed by atoms with Gasteiger partial charge in [-0.2, -0.15) is 10.2 Å². The maximum atomic E-state index is 12.5. The van der Waals surface area contributed by atoms with Crippen molar-refractivity contribution in [2.45, 2.75) is 26.9 Å². The highest BCUT2D eigenvalue weighted by atomic mass is 16.5. The number of urea groups is 1. The minimum absolute atomic E-state index is 0.140. The highest BCUT2D eigenvalue weighted by Gasteiger charge is 2.18. The first-order chi connectivity index (χ1) is 11.0. The van der Waals surface area contributed by atoms with Crippen LogP contribution in [0.1, 0.15) is 22.6 Å². The Labute approximate surface area is 135 Å². The normalized spacial score (nSPS) is 10.8. The summed E-state index contributed by atoms with van der Waals surface area (Å²) in [5, 5.41) is 14.0. The summed E-state index contributed by atoms with van der Waals surface area (Å²) in [6.45, 7) is 5.87. The van der Waals surface area contributed by atoms with Gasteiger partial charge in [-0.15, -0.1) is 0 Å². The van der Waals surface area contributed by atoms with E-state index in [2.05, 4.69) is 20.6 Å². The third-order valence-electron chi connectivity index (χ3n) is 3.85. The van der Waals surface area contributed by atoms with Gasteiger partial charge in [-0.05, 0) is 19.9 Å². The summed E-state index contributed by atoms with van der Waals surface area (Å²) < 4.78 is 6.95. The van der Waals surface area contributed by atoms with Crippen LogP contribution in [0.5, 0.6) is 0 Å². The van der Waals surface area contributed by atoms with Crippen molar-refractivity contribution >= 4 is 6.03 Å². The van der Waals surface area contributed by atoms with Crippen molar-refractivity contribution in [2.75, 3.05) is 20.3 Å². The van der Waals surface area contributed by atoms with E-state index in [1.165, 1.54) is 0 Å². The second kappa shape index (κ2) is 7.77. The number of aromatic amines is 1. The summed E-state index contributed by atoms with van der Waals surface area (Å²) in [4.78, 5) is 14.2. The number of methoxy groups -OCH3 is 1. The fraction of sp³-hybridized carbons (Fsp3) is 0.533. The van der Waals surface area contributed by atoms with E-state index in [9.17, 15) is 4.79 Å². The molecule has 0 saturated heterocycles. The van der Waals surface area contributed by atoms with Crippen LogP contribution in [-0.2, 0) is 24.9 Å². The zero-order valence-electron chi connectivity index (χ0n) is 14.1.